The van der Waals surface area contributed by atoms with E-state index in [0.29, 0.717) is 5.78 Å². The van der Waals surface area contributed by atoms with E-state index in [1.54, 1.807) is 0 Å². The van der Waals surface area contributed by atoms with Crippen LogP contribution in [0.5, 0.6) is 0 Å². The van der Waals surface area contributed by atoms with Crippen LogP contribution in [-0.4, -0.2) is 5.78 Å². The average molecular weight is 152 g/mol. The Morgan fingerprint density at radius 3 is 2.73 bits per heavy atom. The Morgan fingerprint density at radius 1 is 1.27 bits per heavy atom. The number of ketones is 1. The van der Waals surface area contributed by atoms with E-state index < -0.39 is 0 Å². The molecule has 1 rings (SSSR count). The lowest BCUT2D eigenvalue weighted by atomic mass is 10.1. The van der Waals surface area contributed by atoms with Crippen LogP contribution in [0.2, 0.25) is 0 Å². The van der Waals surface area contributed by atoms with E-state index in [2.05, 4.69) is 13.0 Å². The maximum absolute atomic E-state index is 11.3. The first-order valence-corrected chi connectivity index (χ1v) is 4.57. The summed E-state index contributed by atoms with van der Waals surface area (Å²) in [6.45, 7) is 2.09. The zero-order chi connectivity index (χ0) is 8.10. The molecule has 0 saturated heterocycles. The lowest BCUT2D eigenvalue weighted by Crippen LogP contribution is -1.98. The van der Waals surface area contributed by atoms with Gasteiger partial charge in [-0.25, -0.2) is 0 Å². The van der Waals surface area contributed by atoms with E-state index in [4.69, 9.17) is 0 Å². The van der Waals surface area contributed by atoms with Crippen LogP contribution < -0.4 is 0 Å². The lowest BCUT2D eigenvalue weighted by molar-refractivity contribution is -0.115. The molecule has 0 spiro atoms. The summed E-state index contributed by atoms with van der Waals surface area (Å²) in [5, 5.41) is 0. The molecule has 1 saturated carbocycles. The van der Waals surface area contributed by atoms with Crippen molar-refractivity contribution in [2.75, 3.05) is 0 Å². The predicted molar refractivity (Wildman–Crippen MR) is 46.5 cm³/mol. The molecule has 0 aromatic rings. The Kier molecular flexibility index (Phi) is 3.34. The third kappa shape index (κ3) is 2.49. The van der Waals surface area contributed by atoms with Gasteiger partial charge in [0.1, 0.15) is 0 Å². The highest BCUT2D eigenvalue weighted by Crippen LogP contribution is 2.19. The van der Waals surface area contributed by atoms with Gasteiger partial charge in [-0.2, -0.15) is 0 Å². The van der Waals surface area contributed by atoms with Gasteiger partial charge in [0.05, 0.1) is 0 Å². The molecule has 1 nitrogen and oxygen atoms in total. The van der Waals surface area contributed by atoms with Gasteiger partial charge in [0.25, 0.3) is 0 Å². The molecule has 1 aliphatic rings. The zero-order valence-corrected chi connectivity index (χ0v) is 7.23. The first-order valence-electron chi connectivity index (χ1n) is 4.57. The number of carbonyl (C=O) groups excluding carboxylic acids is 1. The van der Waals surface area contributed by atoms with Crippen molar-refractivity contribution in [2.24, 2.45) is 0 Å². The number of allylic oxidation sites excluding steroid dienone is 2. The fourth-order valence-corrected chi connectivity index (χ4v) is 1.54. The Balaban J connectivity index is 2.59. The highest BCUT2D eigenvalue weighted by atomic mass is 16.1. The first kappa shape index (κ1) is 8.51. The molecule has 0 N–H and O–H groups in total. The van der Waals surface area contributed by atoms with E-state index in [-0.39, 0.29) is 0 Å². The van der Waals surface area contributed by atoms with Crippen LogP contribution in [0.25, 0.3) is 0 Å². The molecule has 0 heterocycles. The van der Waals surface area contributed by atoms with Crippen molar-refractivity contribution in [3.05, 3.63) is 11.6 Å². The predicted octanol–water partition coefficient (Wildman–Crippen LogP) is 2.86. The van der Waals surface area contributed by atoms with Crippen LogP contribution in [0.15, 0.2) is 11.6 Å². The second-order valence-electron chi connectivity index (χ2n) is 3.12. The molecule has 0 aromatic heterocycles. The molecule has 0 aromatic carbocycles. The Bertz CT molecular complexity index is 168. The maximum atomic E-state index is 11.3. The summed E-state index contributed by atoms with van der Waals surface area (Å²) in [5.74, 6) is 0.393. The van der Waals surface area contributed by atoms with Crippen LogP contribution in [0.4, 0.5) is 0 Å². The van der Waals surface area contributed by atoms with E-state index in [9.17, 15) is 4.79 Å². The van der Waals surface area contributed by atoms with Crippen LogP contribution in [0.1, 0.15) is 45.4 Å². The summed E-state index contributed by atoms with van der Waals surface area (Å²) in [4.78, 5) is 11.3. The molecule has 1 fully saturated rings. The first-order chi connectivity index (χ1) is 5.34. The molecule has 0 radical (unpaired) electrons. The number of rotatable bonds is 1. The largest absolute Gasteiger partial charge is 0.295 e. The molecular weight excluding hydrogens is 136 g/mol. The molecular formula is C10H16O. The summed E-state index contributed by atoms with van der Waals surface area (Å²) in [6.07, 6.45) is 8.43. The Hall–Kier alpha value is -0.590. The summed E-state index contributed by atoms with van der Waals surface area (Å²) in [6, 6.07) is 0. The second kappa shape index (κ2) is 4.32. The minimum absolute atomic E-state index is 0.393. The lowest BCUT2D eigenvalue weighted by Gasteiger charge is -1.98. The summed E-state index contributed by atoms with van der Waals surface area (Å²) < 4.78 is 0. The van der Waals surface area contributed by atoms with Gasteiger partial charge in [0, 0.05) is 6.42 Å². The average Bonchev–Trinajstić information content (AvgIpc) is 2.18. The van der Waals surface area contributed by atoms with Gasteiger partial charge in [0.2, 0.25) is 0 Å². The normalized spacial score (nSPS) is 23.7. The van der Waals surface area contributed by atoms with Crippen molar-refractivity contribution < 1.29 is 4.79 Å². The molecule has 62 valence electrons. The van der Waals surface area contributed by atoms with E-state index in [0.717, 1.165) is 31.3 Å². The van der Waals surface area contributed by atoms with Crippen molar-refractivity contribution in [1.29, 1.82) is 0 Å². The van der Waals surface area contributed by atoms with Crippen molar-refractivity contribution in [3.8, 4) is 0 Å². The van der Waals surface area contributed by atoms with Gasteiger partial charge in [-0.3, -0.25) is 4.79 Å². The number of Topliss-reactive ketones (excluding diaryl/α,β-unsaturated/α-hetero) is 1. The van der Waals surface area contributed by atoms with E-state index in [1.165, 1.54) is 12.8 Å². The Labute approximate surface area is 68.5 Å². The van der Waals surface area contributed by atoms with E-state index in [1.807, 2.05) is 0 Å². The van der Waals surface area contributed by atoms with Gasteiger partial charge in [0.15, 0.2) is 5.78 Å². The van der Waals surface area contributed by atoms with Gasteiger partial charge in [-0.1, -0.05) is 19.4 Å². The van der Waals surface area contributed by atoms with Crippen molar-refractivity contribution in [1.82, 2.24) is 0 Å². The van der Waals surface area contributed by atoms with Crippen LogP contribution >= 0.6 is 0 Å². The van der Waals surface area contributed by atoms with Gasteiger partial charge in [-0.05, 0) is 31.3 Å². The third-order valence-corrected chi connectivity index (χ3v) is 2.16. The molecule has 0 aliphatic heterocycles. The zero-order valence-electron chi connectivity index (χ0n) is 7.23. The highest BCUT2D eigenvalue weighted by Gasteiger charge is 2.11. The third-order valence-electron chi connectivity index (χ3n) is 2.16. The van der Waals surface area contributed by atoms with Gasteiger partial charge in [-0.15, -0.1) is 0 Å². The second-order valence-corrected chi connectivity index (χ2v) is 3.12. The summed E-state index contributed by atoms with van der Waals surface area (Å²) >= 11 is 0. The molecule has 11 heavy (non-hydrogen) atoms. The molecule has 1 aliphatic carbocycles. The highest BCUT2D eigenvalue weighted by molar-refractivity contribution is 5.95. The fourth-order valence-electron chi connectivity index (χ4n) is 1.54. The van der Waals surface area contributed by atoms with Crippen molar-refractivity contribution >= 4 is 5.78 Å². The molecule has 0 unspecified atom stereocenters. The molecule has 1 heteroatoms. The summed E-state index contributed by atoms with van der Waals surface area (Å²) in [7, 11) is 0. The van der Waals surface area contributed by atoms with Crippen molar-refractivity contribution in [2.45, 2.75) is 45.4 Å². The Morgan fingerprint density at radius 2 is 2.00 bits per heavy atom. The minimum Gasteiger partial charge on any atom is -0.295 e. The van der Waals surface area contributed by atoms with Gasteiger partial charge >= 0.3 is 0 Å². The molecule has 0 amide bonds. The number of carbonyl (C=O) groups is 1. The van der Waals surface area contributed by atoms with Crippen molar-refractivity contribution in [3.63, 3.8) is 0 Å². The van der Waals surface area contributed by atoms with E-state index >= 15 is 0 Å². The fraction of sp³-hybridized carbons (Fsp3) is 0.700. The topological polar surface area (TPSA) is 17.1 Å². The standard InChI is InChI=1S/C10H16O/c1-2-6-9-7-4-3-5-8-10(9)11/h6H,2-5,7-8H2,1H3. The smallest absolute Gasteiger partial charge is 0.158 e. The number of hydrogen-bond donors (Lipinski definition) is 0. The molecule has 0 bridgehead atoms. The van der Waals surface area contributed by atoms with Crippen LogP contribution in [-0.2, 0) is 4.79 Å². The van der Waals surface area contributed by atoms with Crippen LogP contribution in [0.3, 0.4) is 0 Å². The van der Waals surface area contributed by atoms with Crippen LogP contribution in [0, 0.1) is 0 Å². The summed E-state index contributed by atoms with van der Waals surface area (Å²) in [5.41, 5.74) is 1.09. The maximum Gasteiger partial charge on any atom is 0.158 e. The number of hydrogen-bond acceptors (Lipinski definition) is 1. The van der Waals surface area contributed by atoms with Gasteiger partial charge < -0.3 is 0 Å². The SMILES string of the molecule is CCC=C1CCCCCC1=O. The monoisotopic (exact) mass is 152 g/mol. The molecule has 0 atom stereocenters. The minimum atomic E-state index is 0.393. The quantitative estimate of drug-likeness (QED) is 0.417.